The first-order valence-corrected chi connectivity index (χ1v) is 8.15. The predicted octanol–water partition coefficient (Wildman–Crippen LogP) is 3.73. The number of thioether (sulfide) groups is 1. The van der Waals surface area contributed by atoms with Crippen LogP contribution < -0.4 is 10.1 Å². The molecule has 1 heterocycles. The number of carbonyl (C=O) groups excluding carboxylic acids is 1. The summed E-state index contributed by atoms with van der Waals surface area (Å²) in [5.41, 5.74) is 0. The number of thiophene rings is 1. The summed E-state index contributed by atoms with van der Waals surface area (Å²) in [6.07, 6.45) is 0. The highest BCUT2D eigenvalue weighted by atomic mass is 32.2. The fraction of sp³-hybridized carbons (Fsp3) is 0.267. The highest BCUT2D eigenvalue weighted by Gasteiger charge is 2.10. The molecule has 1 amide bonds. The molecule has 0 radical (unpaired) electrons. The third kappa shape index (κ3) is 4.28. The summed E-state index contributed by atoms with van der Waals surface area (Å²) >= 11 is 3.16. The summed E-state index contributed by atoms with van der Waals surface area (Å²) in [6, 6.07) is 11.8. The topological polar surface area (TPSA) is 38.3 Å². The van der Waals surface area contributed by atoms with Gasteiger partial charge in [0.15, 0.2) is 0 Å². The number of nitrogens with one attached hydrogen (secondary N) is 1. The minimum absolute atomic E-state index is 0.0405. The molecule has 5 heteroatoms. The molecule has 0 bridgehead atoms. The number of ether oxygens (including phenoxy) is 1. The standard InChI is InChI=1S/C15H17NO2S2/c1-11(14-7-4-8-19-14)16-15(17)10-20-13-6-3-5-12(9-13)18-2/h3-9,11H,10H2,1-2H3,(H,16,17). The van der Waals surface area contributed by atoms with Crippen molar-refractivity contribution >= 4 is 29.0 Å². The summed E-state index contributed by atoms with van der Waals surface area (Å²) < 4.78 is 5.16. The van der Waals surface area contributed by atoms with Crippen molar-refractivity contribution in [3.05, 3.63) is 46.7 Å². The molecule has 0 aliphatic rings. The van der Waals surface area contributed by atoms with Gasteiger partial charge in [0.2, 0.25) is 5.91 Å². The van der Waals surface area contributed by atoms with Crippen molar-refractivity contribution < 1.29 is 9.53 Å². The van der Waals surface area contributed by atoms with Gasteiger partial charge in [0.05, 0.1) is 18.9 Å². The van der Waals surface area contributed by atoms with Gasteiger partial charge in [-0.3, -0.25) is 4.79 Å². The average molecular weight is 307 g/mol. The van der Waals surface area contributed by atoms with E-state index in [1.165, 1.54) is 16.6 Å². The molecule has 1 unspecified atom stereocenters. The lowest BCUT2D eigenvalue weighted by Crippen LogP contribution is -2.27. The first kappa shape index (κ1) is 14.9. The van der Waals surface area contributed by atoms with Crippen LogP contribution in [0.4, 0.5) is 0 Å². The monoisotopic (exact) mass is 307 g/mol. The van der Waals surface area contributed by atoms with E-state index in [0.29, 0.717) is 5.75 Å². The Balaban J connectivity index is 1.83. The van der Waals surface area contributed by atoms with E-state index >= 15 is 0 Å². The zero-order valence-corrected chi connectivity index (χ0v) is 13.1. The van der Waals surface area contributed by atoms with E-state index in [2.05, 4.69) is 5.32 Å². The number of hydrogen-bond donors (Lipinski definition) is 1. The first-order chi connectivity index (χ1) is 9.69. The lowest BCUT2D eigenvalue weighted by atomic mass is 10.3. The quantitative estimate of drug-likeness (QED) is 0.827. The predicted molar refractivity (Wildman–Crippen MR) is 84.6 cm³/mol. The molecule has 0 fully saturated rings. The maximum Gasteiger partial charge on any atom is 0.230 e. The second kappa shape index (κ2) is 7.36. The van der Waals surface area contributed by atoms with Gasteiger partial charge >= 0.3 is 0 Å². The second-order valence-electron chi connectivity index (χ2n) is 4.27. The number of rotatable bonds is 6. The van der Waals surface area contributed by atoms with Crippen molar-refractivity contribution in [2.45, 2.75) is 17.9 Å². The Hall–Kier alpha value is -1.46. The van der Waals surface area contributed by atoms with Gasteiger partial charge in [0.25, 0.3) is 0 Å². The molecule has 0 spiro atoms. The number of methoxy groups -OCH3 is 1. The third-order valence-corrected chi connectivity index (χ3v) is 4.81. The summed E-state index contributed by atoms with van der Waals surface area (Å²) in [5, 5.41) is 5.02. The van der Waals surface area contributed by atoms with Gasteiger partial charge < -0.3 is 10.1 Å². The van der Waals surface area contributed by atoms with E-state index in [-0.39, 0.29) is 11.9 Å². The van der Waals surface area contributed by atoms with E-state index in [4.69, 9.17) is 4.74 Å². The third-order valence-electron chi connectivity index (χ3n) is 2.76. The number of amides is 1. The molecule has 2 rings (SSSR count). The van der Waals surface area contributed by atoms with Gasteiger partial charge in [-0.1, -0.05) is 12.1 Å². The highest BCUT2D eigenvalue weighted by molar-refractivity contribution is 8.00. The minimum atomic E-state index is 0.0405. The van der Waals surface area contributed by atoms with Crippen LogP contribution in [-0.2, 0) is 4.79 Å². The molecular formula is C15H17NO2S2. The van der Waals surface area contributed by atoms with Crippen LogP contribution in [0.2, 0.25) is 0 Å². The minimum Gasteiger partial charge on any atom is -0.497 e. The number of hydrogen-bond acceptors (Lipinski definition) is 4. The molecule has 0 aliphatic heterocycles. The van der Waals surface area contributed by atoms with Crippen LogP contribution in [0.5, 0.6) is 5.75 Å². The Bertz CT molecular complexity index is 555. The average Bonchev–Trinajstić information content (AvgIpc) is 2.99. The van der Waals surface area contributed by atoms with Crippen LogP contribution in [0.1, 0.15) is 17.8 Å². The summed E-state index contributed by atoms with van der Waals surface area (Å²) in [6.45, 7) is 2.00. The maximum atomic E-state index is 11.9. The van der Waals surface area contributed by atoms with Gasteiger partial charge in [-0.05, 0) is 36.6 Å². The molecule has 1 atom stereocenters. The molecule has 1 N–H and O–H groups in total. The molecule has 20 heavy (non-hydrogen) atoms. The summed E-state index contributed by atoms with van der Waals surface area (Å²) in [7, 11) is 1.64. The first-order valence-electron chi connectivity index (χ1n) is 6.28. The fourth-order valence-corrected chi connectivity index (χ4v) is 3.22. The van der Waals surface area contributed by atoms with Crippen molar-refractivity contribution in [2.24, 2.45) is 0 Å². The molecule has 2 aromatic rings. The Morgan fingerprint density at radius 2 is 2.25 bits per heavy atom. The zero-order chi connectivity index (χ0) is 14.4. The molecule has 0 saturated heterocycles. The van der Waals surface area contributed by atoms with Crippen molar-refractivity contribution in [2.75, 3.05) is 12.9 Å². The van der Waals surface area contributed by atoms with Crippen LogP contribution in [0.25, 0.3) is 0 Å². The van der Waals surface area contributed by atoms with Gasteiger partial charge in [-0.25, -0.2) is 0 Å². The van der Waals surface area contributed by atoms with Gasteiger partial charge in [-0.2, -0.15) is 0 Å². The number of benzene rings is 1. The smallest absolute Gasteiger partial charge is 0.230 e. The maximum absolute atomic E-state index is 11.9. The Morgan fingerprint density at radius 3 is 2.95 bits per heavy atom. The van der Waals surface area contributed by atoms with Crippen molar-refractivity contribution in [3.8, 4) is 5.75 Å². The lowest BCUT2D eigenvalue weighted by Gasteiger charge is -2.12. The van der Waals surface area contributed by atoms with Crippen LogP contribution in [0.3, 0.4) is 0 Å². The molecular weight excluding hydrogens is 290 g/mol. The molecule has 1 aromatic heterocycles. The van der Waals surface area contributed by atoms with Crippen LogP contribution in [-0.4, -0.2) is 18.8 Å². The van der Waals surface area contributed by atoms with Crippen molar-refractivity contribution in [1.29, 1.82) is 0 Å². The van der Waals surface area contributed by atoms with Crippen molar-refractivity contribution in [3.63, 3.8) is 0 Å². The molecule has 1 aromatic carbocycles. The SMILES string of the molecule is COc1cccc(SCC(=O)NC(C)c2cccs2)c1. The fourth-order valence-electron chi connectivity index (χ4n) is 1.73. The van der Waals surface area contributed by atoms with Crippen LogP contribution in [0, 0.1) is 0 Å². The Kier molecular flexibility index (Phi) is 5.49. The molecule has 3 nitrogen and oxygen atoms in total. The van der Waals surface area contributed by atoms with E-state index in [0.717, 1.165) is 10.6 Å². The van der Waals surface area contributed by atoms with E-state index in [9.17, 15) is 4.79 Å². The highest BCUT2D eigenvalue weighted by Crippen LogP contribution is 2.23. The van der Waals surface area contributed by atoms with Gasteiger partial charge in [-0.15, -0.1) is 23.1 Å². The second-order valence-corrected chi connectivity index (χ2v) is 6.30. The summed E-state index contributed by atoms with van der Waals surface area (Å²) in [5.74, 6) is 1.25. The van der Waals surface area contributed by atoms with Crippen LogP contribution in [0.15, 0.2) is 46.7 Å². The van der Waals surface area contributed by atoms with E-state index in [1.807, 2.05) is 48.7 Å². The zero-order valence-electron chi connectivity index (χ0n) is 11.5. The largest absolute Gasteiger partial charge is 0.497 e. The summed E-state index contributed by atoms with van der Waals surface area (Å²) in [4.78, 5) is 14.1. The molecule has 106 valence electrons. The Labute approximate surface area is 127 Å². The molecule has 0 saturated carbocycles. The normalized spacial score (nSPS) is 11.9. The van der Waals surface area contributed by atoms with Gasteiger partial charge in [0.1, 0.15) is 5.75 Å². The van der Waals surface area contributed by atoms with E-state index in [1.54, 1.807) is 18.4 Å². The van der Waals surface area contributed by atoms with Crippen LogP contribution >= 0.6 is 23.1 Å². The van der Waals surface area contributed by atoms with Crippen molar-refractivity contribution in [1.82, 2.24) is 5.32 Å². The number of carbonyl (C=O) groups is 1. The lowest BCUT2D eigenvalue weighted by molar-refractivity contribution is -0.119. The molecule has 0 aliphatic carbocycles. The Morgan fingerprint density at radius 1 is 1.40 bits per heavy atom. The van der Waals surface area contributed by atoms with Gasteiger partial charge in [0, 0.05) is 9.77 Å². The van der Waals surface area contributed by atoms with E-state index < -0.39 is 0 Å².